The average molecular weight is 213 g/mol. The van der Waals surface area contributed by atoms with Crippen molar-refractivity contribution in [2.45, 2.75) is 32.7 Å². The topological polar surface area (TPSA) is 22.0 Å². The van der Waals surface area contributed by atoms with Crippen LogP contribution in [0.15, 0.2) is 29.1 Å². The van der Waals surface area contributed by atoms with Crippen molar-refractivity contribution >= 4 is 10.9 Å². The fraction of sp³-hybridized carbons (Fsp3) is 0.357. The number of hydrogen-bond donors (Lipinski definition) is 0. The maximum Gasteiger partial charge on any atom is 0.254 e. The Kier molecular flexibility index (Phi) is 2.10. The van der Waals surface area contributed by atoms with Crippen LogP contribution in [0, 0.1) is 0 Å². The normalized spacial score (nSPS) is 14.3. The highest BCUT2D eigenvalue weighted by Crippen LogP contribution is 2.23. The molecule has 2 nitrogen and oxygen atoms in total. The molecule has 0 radical (unpaired) electrons. The molecule has 3 rings (SSSR count). The number of aryl methyl sites for hydroxylation is 3. The number of aromatic nitrogens is 1. The molecular weight excluding hydrogens is 198 g/mol. The zero-order valence-electron chi connectivity index (χ0n) is 9.49. The standard InChI is InChI=1S/C14H15NO/c1-2-10-9-12-6-3-5-11-7-4-8-15(13(11)12)14(10)16/h3,5-6,9H,2,4,7-8H2,1H3. The summed E-state index contributed by atoms with van der Waals surface area (Å²) >= 11 is 0. The third-order valence-electron chi connectivity index (χ3n) is 3.48. The molecule has 2 heterocycles. The number of benzene rings is 1. The third kappa shape index (κ3) is 1.22. The molecule has 2 aromatic rings. The van der Waals surface area contributed by atoms with Gasteiger partial charge in [-0.15, -0.1) is 0 Å². The van der Waals surface area contributed by atoms with Crippen molar-refractivity contribution in [2.75, 3.05) is 0 Å². The highest BCUT2D eigenvalue weighted by atomic mass is 16.1. The number of hydrogen-bond acceptors (Lipinski definition) is 1. The van der Waals surface area contributed by atoms with E-state index in [2.05, 4.69) is 24.3 Å². The number of rotatable bonds is 1. The first kappa shape index (κ1) is 9.64. The Labute approximate surface area is 94.5 Å². The third-order valence-corrected chi connectivity index (χ3v) is 3.48. The first-order chi connectivity index (χ1) is 7.81. The van der Waals surface area contributed by atoms with Gasteiger partial charge in [0.1, 0.15) is 0 Å². The van der Waals surface area contributed by atoms with Crippen molar-refractivity contribution in [3.05, 3.63) is 45.7 Å². The lowest BCUT2D eigenvalue weighted by Gasteiger charge is -2.20. The van der Waals surface area contributed by atoms with Gasteiger partial charge in [0.25, 0.3) is 5.56 Å². The summed E-state index contributed by atoms with van der Waals surface area (Å²) in [5, 5.41) is 1.22. The van der Waals surface area contributed by atoms with Gasteiger partial charge in [-0.2, -0.15) is 0 Å². The molecule has 0 saturated heterocycles. The molecule has 0 N–H and O–H groups in total. The van der Waals surface area contributed by atoms with Crippen LogP contribution in [0.4, 0.5) is 0 Å². The number of nitrogens with zero attached hydrogens (tertiary/aromatic N) is 1. The highest BCUT2D eigenvalue weighted by molar-refractivity contribution is 5.83. The fourth-order valence-electron chi connectivity index (χ4n) is 2.68. The van der Waals surface area contributed by atoms with Gasteiger partial charge >= 0.3 is 0 Å². The van der Waals surface area contributed by atoms with E-state index < -0.39 is 0 Å². The van der Waals surface area contributed by atoms with Gasteiger partial charge in [0.05, 0.1) is 5.52 Å². The second-order valence-electron chi connectivity index (χ2n) is 4.44. The van der Waals surface area contributed by atoms with Gasteiger partial charge in [0.2, 0.25) is 0 Å². The molecule has 1 aliphatic rings. The Morgan fingerprint density at radius 1 is 1.38 bits per heavy atom. The van der Waals surface area contributed by atoms with Crippen LogP contribution in [-0.2, 0) is 19.4 Å². The first-order valence-electron chi connectivity index (χ1n) is 5.95. The van der Waals surface area contributed by atoms with Crippen molar-refractivity contribution in [1.82, 2.24) is 4.57 Å². The van der Waals surface area contributed by atoms with Crippen molar-refractivity contribution < 1.29 is 0 Å². The van der Waals surface area contributed by atoms with E-state index in [1.807, 2.05) is 11.5 Å². The molecule has 0 aliphatic carbocycles. The van der Waals surface area contributed by atoms with E-state index in [1.54, 1.807) is 0 Å². The molecule has 1 aliphatic heterocycles. The van der Waals surface area contributed by atoms with E-state index in [0.29, 0.717) is 0 Å². The highest BCUT2D eigenvalue weighted by Gasteiger charge is 2.14. The predicted molar refractivity (Wildman–Crippen MR) is 65.9 cm³/mol. The van der Waals surface area contributed by atoms with Crippen molar-refractivity contribution in [1.29, 1.82) is 0 Å². The van der Waals surface area contributed by atoms with Crippen molar-refractivity contribution in [3.8, 4) is 0 Å². The minimum Gasteiger partial charge on any atom is -0.308 e. The van der Waals surface area contributed by atoms with Crippen LogP contribution in [0.2, 0.25) is 0 Å². The monoisotopic (exact) mass is 213 g/mol. The molecule has 0 unspecified atom stereocenters. The van der Waals surface area contributed by atoms with Crippen LogP contribution in [-0.4, -0.2) is 4.57 Å². The molecule has 0 fully saturated rings. The van der Waals surface area contributed by atoms with Crippen LogP contribution in [0.5, 0.6) is 0 Å². The van der Waals surface area contributed by atoms with Crippen LogP contribution >= 0.6 is 0 Å². The minimum absolute atomic E-state index is 0.210. The SMILES string of the molecule is CCc1cc2cccc3c2n(c1=O)CCC3. The summed E-state index contributed by atoms with van der Waals surface area (Å²) in [5.41, 5.74) is 3.63. The maximum atomic E-state index is 12.2. The molecule has 0 bridgehead atoms. The lowest BCUT2D eigenvalue weighted by molar-refractivity contribution is 0.611. The first-order valence-corrected chi connectivity index (χ1v) is 5.95. The zero-order valence-corrected chi connectivity index (χ0v) is 9.49. The number of pyridine rings is 1. The largest absolute Gasteiger partial charge is 0.308 e. The van der Waals surface area contributed by atoms with E-state index in [9.17, 15) is 4.79 Å². The summed E-state index contributed by atoms with van der Waals surface area (Å²) in [7, 11) is 0. The lowest BCUT2D eigenvalue weighted by Crippen LogP contribution is -2.27. The van der Waals surface area contributed by atoms with Crippen LogP contribution in [0.3, 0.4) is 0 Å². The zero-order chi connectivity index (χ0) is 11.1. The van der Waals surface area contributed by atoms with Gasteiger partial charge in [0.15, 0.2) is 0 Å². The Balaban J connectivity index is 2.50. The summed E-state index contributed by atoms with van der Waals surface area (Å²) in [6, 6.07) is 8.41. The molecule has 0 spiro atoms. The number of para-hydroxylation sites is 1. The summed E-state index contributed by atoms with van der Waals surface area (Å²) < 4.78 is 1.97. The van der Waals surface area contributed by atoms with E-state index in [4.69, 9.17) is 0 Å². The van der Waals surface area contributed by atoms with Crippen LogP contribution < -0.4 is 5.56 Å². The summed E-state index contributed by atoms with van der Waals surface area (Å²) in [6.45, 7) is 2.92. The Hall–Kier alpha value is -1.57. The summed E-state index contributed by atoms with van der Waals surface area (Å²) in [5.74, 6) is 0. The summed E-state index contributed by atoms with van der Waals surface area (Å²) in [6.07, 6.45) is 3.00. The lowest BCUT2D eigenvalue weighted by atomic mass is 10.00. The molecule has 1 aromatic carbocycles. The van der Waals surface area contributed by atoms with Crippen LogP contribution in [0.25, 0.3) is 10.9 Å². The van der Waals surface area contributed by atoms with Gasteiger partial charge in [0, 0.05) is 12.1 Å². The fourth-order valence-corrected chi connectivity index (χ4v) is 2.68. The molecular formula is C14H15NO. The smallest absolute Gasteiger partial charge is 0.254 e. The molecule has 2 heteroatoms. The molecule has 0 saturated carbocycles. The molecule has 0 atom stereocenters. The quantitative estimate of drug-likeness (QED) is 0.713. The van der Waals surface area contributed by atoms with Gasteiger partial charge in [-0.25, -0.2) is 0 Å². The van der Waals surface area contributed by atoms with E-state index in [-0.39, 0.29) is 5.56 Å². The Morgan fingerprint density at radius 3 is 3.06 bits per heavy atom. The van der Waals surface area contributed by atoms with Crippen molar-refractivity contribution in [2.24, 2.45) is 0 Å². The summed E-state index contributed by atoms with van der Waals surface area (Å²) in [4.78, 5) is 12.2. The molecule has 0 amide bonds. The second kappa shape index (κ2) is 3.48. The predicted octanol–water partition coefficient (Wildman–Crippen LogP) is 2.51. The van der Waals surface area contributed by atoms with Gasteiger partial charge in [-0.1, -0.05) is 25.1 Å². The molecule has 16 heavy (non-hydrogen) atoms. The second-order valence-corrected chi connectivity index (χ2v) is 4.44. The molecule has 1 aromatic heterocycles. The van der Waals surface area contributed by atoms with Gasteiger partial charge in [-0.05, 0) is 36.3 Å². The van der Waals surface area contributed by atoms with E-state index in [1.165, 1.54) is 10.9 Å². The average Bonchev–Trinajstić information content (AvgIpc) is 2.33. The van der Waals surface area contributed by atoms with Gasteiger partial charge in [-0.3, -0.25) is 4.79 Å². The van der Waals surface area contributed by atoms with E-state index in [0.717, 1.165) is 36.9 Å². The maximum absolute atomic E-state index is 12.2. The van der Waals surface area contributed by atoms with Crippen LogP contribution in [0.1, 0.15) is 24.5 Å². The van der Waals surface area contributed by atoms with Crippen molar-refractivity contribution in [3.63, 3.8) is 0 Å². The minimum atomic E-state index is 0.210. The Bertz CT molecular complexity index is 610. The van der Waals surface area contributed by atoms with Gasteiger partial charge < -0.3 is 4.57 Å². The molecule has 82 valence electrons. The van der Waals surface area contributed by atoms with E-state index >= 15 is 0 Å². The Morgan fingerprint density at radius 2 is 2.25 bits per heavy atom.